The van der Waals surface area contributed by atoms with Gasteiger partial charge in [-0.15, -0.1) is 0 Å². The van der Waals surface area contributed by atoms with Crippen LogP contribution in [0, 0.1) is 3.57 Å². The normalized spacial score (nSPS) is 20.6. The van der Waals surface area contributed by atoms with Crippen molar-refractivity contribution in [1.82, 2.24) is 10.0 Å². The van der Waals surface area contributed by atoms with Gasteiger partial charge in [0.25, 0.3) is 0 Å². The first-order valence-electron chi connectivity index (χ1n) is 5.56. The zero-order valence-electron chi connectivity index (χ0n) is 9.32. The van der Waals surface area contributed by atoms with Crippen LogP contribution in [0.25, 0.3) is 0 Å². The van der Waals surface area contributed by atoms with Crippen LogP contribution in [0.2, 0.25) is 0 Å². The Labute approximate surface area is 115 Å². The molecule has 0 saturated carbocycles. The Hall–Kier alpha value is -0.180. The zero-order chi connectivity index (χ0) is 12.3. The second kappa shape index (κ2) is 5.64. The van der Waals surface area contributed by atoms with Crippen molar-refractivity contribution in [2.24, 2.45) is 0 Å². The van der Waals surface area contributed by atoms with E-state index in [0.29, 0.717) is 11.4 Å². The van der Waals surface area contributed by atoms with E-state index >= 15 is 0 Å². The van der Waals surface area contributed by atoms with Crippen LogP contribution in [0.1, 0.15) is 12.8 Å². The molecule has 0 spiro atoms. The van der Waals surface area contributed by atoms with E-state index < -0.39 is 10.0 Å². The predicted octanol–water partition coefficient (Wildman–Crippen LogP) is 1.32. The number of rotatable bonds is 4. The Morgan fingerprint density at radius 3 is 2.94 bits per heavy atom. The molecule has 1 saturated heterocycles. The smallest absolute Gasteiger partial charge is 0.240 e. The quantitative estimate of drug-likeness (QED) is 0.791. The van der Waals surface area contributed by atoms with Gasteiger partial charge in [0.2, 0.25) is 10.0 Å². The summed E-state index contributed by atoms with van der Waals surface area (Å²) >= 11 is 2.11. The largest absolute Gasteiger partial charge is 0.313 e. The first-order valence-corrected chi connectivity index (χ1v) is 8.13. The van der Waals surface area contributed by atoms with Crippen molar-refractivity contribution in [3.8, 4) is 0 Å². The molecule has 1 aromatic rings. The predicted molar refractivity (Wildman–Crippen MR) is 75.4 cm³/mol. The van der Waals surface area contributed by atoms with Gasteiger partial charge in [-0.3, -0.25) is 0 Å². The van der Waals surface area contributed by atoms with Crippen molar-refractivity contribution in [2.45, 2.75) is 23.8 Å². The topological polar surface area (TPSA) is 58.2 Å². The lowest BCUT2D eigenvalue weighted by molar-refractivity contribution is 0.552. The van der Waals surface area contributed by atoms with Crippen molar-refractivity contribution >= 4 is 32.6 Å². The van der Waals surface area contributed by atoms with Gasteiger partial charge in [-0.1, -0.05) is 6.07 Å². The minimum atomic E-state index is -3.37. The third-order valence-electron chi connectivity index (χ3n) is 2.79. The lowest BCUT2D eigenvalue weighted by Crippen LogP contribution is -2.37. The molecule has 17 heavy (non-hydrogen) atoms. The Morgan fingerprint density at radius 1 is 1.47 bits per heavy atom. The molecule has 1 atom stereocenters. The minimum Gasteiger partial charge on any atom is -0.313 e. The monoisotopic (exact) mass is 366 g/mol. The van der Waals surface area contributed by atoms with Crippen LogP contribution < -0.4 is 10.0 Å². The van der Waals surface area contributed by atoms with E-state index in [-0.39, 0.29) is 6.04 Å². The molecule has 1 aliphatic rings. The van der Waals surface area contributed by atoms with Crippen LogP contribution in [-0.4, -0.2) is 27.5 Å². The molecule has 1 heterocycles. The van der Waals surface area contributed by atoms with E-state index in [1.807, 2.05) is 6.07 Å². The lowest BCUT2D eigenvalue weighted by atomic mass is 10.2. The third kappa shape index (κ3) is 3.64. The molecule has 0 aromatic heterocycles. The molecule has 2 rings (SSSR count). The average molecular weight is 366 g/mol. The van der Waals surface area contributed by atoms with Gasteiger partial charge in [0, 0.05) is 16.2 Å². The average Bonchev–Trinajstić information content (AvgIpc) is 2.79. The summed E-state index contributed by atoms with van der Waals surface area (Å²) in [6, 6.07) is 7.19. The highest BCUT2D eigenvalue weighted by Gasteiger charge is 2.19. The maximum Gasteiger partial charge on any atom is 0.240 e. The number of hydrogen-bond acceptors (Lipinski definition) is 3. The van der Waals surface area contributed by atoms with Crippen LogP contribution in [0.4, 0.5) is 0 Å². The van der Waals surface area contributed by atoms with E-state index in [2.05, 4.69) is 32.6 Å². The first-order chi connectivity index (χ1) is 8.08. The van der Waals surface area contributed by atoms with E-state index in [1.165, 1.54) is 0 Å². The van der Waals surface area contributed by atoms with Crippen LogP contribution >= 0.6 is 22.6 Å². The van der Waals surface area contributed by atoms with Gasteiger partial charge in [-0.25, -0.2) is 13.1 Å². The summed E-state index contributed by atoms with van der Waals surface area (Å²) in [7, 11) is -3.37. The van der Waals surface area contributed by atoms with Crippen LogP contribution in [0.5, 0.6) is 0 Å². The molecule has 94 valence electrons. The number of halogens is 1. The van der Waals surface area contributed by atoms with Crippen LogP contribution in [0.3, 0.4) is 0 Å². The molecule has 1 aliphatic heterocycles. The SMILES string of the molecule is O=S(=O)(NCC1CCCN1)c1cccc(I)c1. The molecule has 0 amide bonds. The fourth-order valence-corrected chi connectivity index (χ4v) is 3.74. The number of nitrogens with one attached hydrogen (secondary N) is 2. The first kappa shape index (κ1) is 13.3. The Balaban J connectivity index is 2.03. The molecule has 1 aromatic carbocycles. The van der Waals surface area contributed by atoms with Crippen molar-refractivity contribution in [3.05, 3.63) is 27.8 Å². The van der Waals surface area contributed by atoms with Gasteiger partial charge in [-0.05, 0) is 60.2 Å². The van der Waals surface area contributed by atoms with Gasteiger partial charge < -0.3 is 5.32 Å². The number of hydrogen-bond donors (Lipinski definition) is 2. The molecule has 0 aliphatic carbocycles. The Morgan fingerprint density at radius 2 is 2.29 bits per heavy atom. The zero-order valence-corrected chi connectivity index (χ0v) is 12.3. The molecule has 2 N–H and O–H groups in total. The number of benzene rings is 1. The Bertz CT molecular complexity index is 484. The summed E-state index contributed by atoms with van der Waals surface area (Å²) in [4.78, 5) is 0.336. The summed E-state index contributed by atoms with van der Waals surface area (Å²) < 4.78 is 27.6. The third-order valence-corrected chi connectivity index (χ3v) is 4.88. The second-order valence-electron chi connectivity index (χ2n) is 4.10. The summed E-state index contributed by atoms with van der Waals surface area (Å²) in [6.07, 6.45) is 2.16. The van der Waals surface area contributed by atoms with Crippen molar-refractivity contribution in [3.63, 3.8) is 0 Å². The molecule has 4 nitrogen and oxygen atoms in total. The molecule has 6 heteroatoms. The Kier molecular flexibility index (Phi) is 4.40. The van der Waals surface area contributed by atoms with Gasteiger partial charge in [-0.2, -0.15) is 0 Å². The van der Waals surface area contributed by atoms with E-state index in [1.54, 1.807) is 18.2 Å². The molecule has 0 radical (unpaired) electrons. The van der Waals surface area contributed by atoms with Crippen molar-refractivity contribution < 1.29 is 8.42 Å². The fraction of sp³-hybridized carbons (Fsp3) is 0.455. The standard InChI is InChI=1S/C11H15IN2O2S/c12-9-3-1-5-11(7-9)17(15,16)14-8-10-4-2-6-13-10/h1,3,5,7,10,13-14H,2,4,6,8H2. The lowest BCUT2D eigenvalue weighted by Gasteiger charge is -2.12. The highest BCUT2D eigenvalue weighted by molar-refractivity contribution is 14.1. The molecule has 1 unspecified atom stereocenters. The van der Waals surface area contributed by atoms with Gasteiger partial charge in [0.1, 0.15) is 0 Å². The summed E-state index contributed by atoms with van der Waals surface area (Å²) in [5.41, 5.74) is 0. The van der Waals surface area contributed by atoms with Gasteiger partial charge in [0.05, 0.1) is 4.90 Å². The van der Waals surface area contributed by atoms with Crippen LogP contribution in [0.15, 0.2) is 29.2 Å². The van der Waals surface area contributed by atoms with Crippen molar-refractivity contribution in [2.75, 3.05) is 13.1 Å². The molecule has 1 fully saturated rings. The van der Waals surface area contributed by atoms with Crippen LogP contribution in [-0.2, 0) is 10.0 Å². The van der Waals surface area contributed by atoms with E-state index in [9.17, 15) is 8.42 Å². The minimum absolute atomic E-state index is 0.271. The highest BCUT2D eigenvalue weighted by atomic mass is 127. The summed E-state index contributed by atoms with van der Waals surface area (Å²) in [6.45, 7) is 1.45. The molecule has 0 bridgehead atoms. The van der Waals surface area contributed by atoms with Gasteiger partial charge >= 0.3 is 0 Å². The fourth-order valence-electron chi connectivity index (χ4n) is 1.86. The maximum atomic E-state index is 12.0. The summed E-state index contributed by atoms with van der Waals surface area (Å²) in [5.74, 6) is 0. The molecular formula is C11H15IN2O2S. The summed E-state index contributed by atoms with van der Waals surface area (Å²) in [5, 5.41) is 3.26. The van der Waals surface area contributed by atoms with E-state index in [0.717, 1.165) is 23.0 Å². The maximum absolute atomic E-state index is 12.0. The highest BCUT2D eigenvalue weighted by Crippen LogP contribution is 2.13. The second-order valence-corrected chi connectivity index (χ2v) is 7.12. The molecular weight excluding hydrogens is 351 g/mol. The van der Waals surface area contributed by atoms with E-state index in [4.69, 9.17) is 0 Å². The van der Waals surface area contributed by atoms with Crippen molar-refractivity contribution in [1.29, 1.82) is 0 Å². The number of sulfonamides is 1. The van der Waals surface area contributed by atoms with Gasteiger partial charge in [0.15, 0.2) is 0 Å².